The van der Waals surface area contributed by atoms with Gasteiger partial charge in [0.1, 0.15) is 42.4 Å². The standard InChI is InChI=1S/C37H54N6O8/c1-8-22(4)30-36(49)43-19-13-17-27(43)35(48)42-18-12-16-26(42)34(47)41(7)28(20-25-14-10-9-11-15-25)32(45)39-29(21(2)3)37(50)51-23(5)31(33(46)40-30)38-24(6)44/h9-11,14-15,21-23,26-31H,8,12-13,16-20H2,1-7H3,(H,38,44)(H,39,45)(H,40,46)/t22-,23+,26-,27-,28-,29-,30?,31?/m0/s1. The van der Waals surface area contributed by atoms with Crippen molar-refractivity contribution in [2.24, 2.45) is 11.8 Å². The van der Waals surface area contributed by atoms with Crippen LogP contribution < -0.4 is 16.0 Å². The third kappa shape index (κ3) is 9.06. The quantitative estimate of drug-likeness (QED) is 0.369. The van der Waals surface area contributed by atoms with Crippen LogP contribution in [0.25, 0.3) is 0 Å². The molecule has 1 aromatic rings. The molecule has 14 heteroatoms. The van der Waals surface area contributed by atoms with Crippen molar-refractivity contribution in [1.82, 2.24) is 30.7 Å². The first-order chi connectivity index (χ1) is 24.2. The van der Waals surface area contributed by atoms with Crippen molar-refractivity contribution in [1.29, 1.82) is 0 Å². The Bertz CT molecular complexity index is 1470. The zero-order valence-corrected chi connectivity index (χ0v) is 30.8. The zero-order valence-electron chi connectivity index (χ0n) is 30.8. The first-order valence-corrected chi connectivity index (χ1v) is 18.2. The molecule has 0 aromatic heterocycles. The number of hydrogen-bond donors (Lipinski definition) is 3. The highest BCUT2D eigenvalue weighted by Crippen LogP contribution is 2.28. The SMILES string of the molecule is CC[C@H](C)C1NC(=O)C(NC(C)=O)[C@@H](C)OC(=O)[C@H](C(C)C)NC(=O)[C@H](Cc2ccccc2)N(C)C(=O)[C@@H]2CCCN2C(=O)[C@@H]2CCCN2C1=O. The van der Waals surface area contributed by atoms with Crippen LogP contribution in [0.5, 0.6) is 0 Å². The normalized spacial score (nSPS) is 29.3. The van der Waals surface area contributed by atoms with Crippen LogP contribution in [0.1, 0.15) is 79.2 Å². The van der Waals surface area contributed by atoms with Crippen LogP contribution in [0, 0.1) is 11.8 Å². The number of hydrogen-bond acceptors (Lipinski definition) is 8. The number of rotatable bonds is 6. The van der Waals surface area contributed by atoms with Gasteiger partial charge in [0, 0.05) is 33.5 Å². The first-order valence-electron chi connectivity index (χ1n) is 18.2. The van der Waals surface area contributed by atoms with Crippen LogP contribution in [0.4, 0.5) is 0 Å². The maximum Gasteiger partial charge on any atom is 0.329 e. The van der Waals surface area contributed by atoms with Crippen LogP contribution in [-0.2, 0) is 44.7 Å². The Morgan fingerprint density at radius 1 is 0.863 bits per heavy atom. The molecule has 0 saturated carbocycles. The van der Waals surface area contributed by atoms with E-state index in [1.165, 1.54) is 35.6 Å². The Morgan fingerprint density at radius 2 is 1.43 bits per heavy atom. The Morgan fingerprint density at radius 3 is 2.00 bits per heavy atom. The molecule has 3 aliphatic heterocycles. The third-order valence-electron chi connectivity index (χ3n) is 10.4. The molecule has 1 aromatic carbocycles. The molecule has 0 spiro atoms. The van der Waals surface area contributed by atoms with E-state index in [9.17, 15) is 33.6 Å². The predicted molar refractivity (Wildman–Crippen MR) is 187 cm³/mol. The molecular weight excluding hydrogens is 656 g/mol. The second-order valence-electron chi connectivity index (χ2n) is 14.5. The predicted octanol–water partition coefficient (Wildman–Crippen LogP) is 1.16. The lowest BCUT2D eigenvalue weighted by molar-refractivity contribution is -0.157. The van der Waals surface area contributed by atoms with Crippen LogP contribution in [0.3, 0.4) is 0 Å². The lowest BCUT2D eigenvalue weighted by Gasteiger charge is -2.36. The zero-order chi connectivity index (χ0) is 37.6. The molecule has 51 heavy (non-hydrogen) atoms. The molecule has 280 valence electrons. The van der Waals surface area contributed by atoms with E-state index in [4.69, 9.17) is 4.74 Å². The summed E-state index contributed by atoms with van der Waals surface area (Å²) in [6.45, 7) is 10.4. The van der Waals surface area contributed by atoms with Crippen LogP contribution in [0.2, 0.25) is 0 Å². The van der Waals surface area contributed by atoms with Crippen molar-refractivity contribution in [3.8, 4) is 0 Å². The van der Waals surface area contributed by atoms with Gasteiger partial charge in [0.15, 0.2) is 0 Å². The van der Waals surface area contributed by atoms with Gasteiger partial charge >= 0.3 is 5.97 Å². The summed E-state index contributed by atoms with van der Waals surface area (Å²) in [4.78, 5) is 101. The van der Waals surface area contributed by atoms with Gasteiger partial charge in [-0.3, -0.25) is 28.8 Å². The molecule has 2 unspecified atom stereocenters. The molecular formula is C37H54N6O8. The van der Waals surface area contributed by atoms with E-state index >= 15 is 0 Å². The average molecular weight is 711 g/mol. The van der Waals surface area contributed by atoms with Gasteiger partial charge in [-0.25, -0.2) is 4.79 Å². The van der Waals surface area contributed by atoms with Crippen LogP contribution in [-0.4, -0.2) is 119 Å². The van der Waals surface area contributed by atoms with Crippen molar-refractivity contribution in [3.05, 3.63) is 35.9 Å². The van der Waals surface area contributed by atoms with Gasteiger partial charge in [-0.05, 0) is 50.0 Å². The number of cyclic esters (lactones) is 1. The minimum Gasteiger partial charge on any atom is -0.458 e. The van der Waals surface area contributed by atoms with E-state index in [1.54, 1.807) is 13.8 Å². The maximum absolute atomic E-state index is 14.3. The molecule has 8 atom stereocenters. The number of nitrogens with zero attached hydrogens (tertiary/aromatic N) is 3. The second kappa shape index (κ2) is 17.1. The summed E-state index contributed by atoms with van der Waals surface area (Å²) in [5, 5.41) is 8.15. The fourth-order valence-electron chi connectivity index (χ4n) is 7.19. The van der Waals surface area contributed by atoms with Crippen molar-refractivity contribution < 1.29 is 38.3 Å². The van der Waals surface area contributed by atoms with E-state index in [0.717, 1.165) is 5.56 Å². The summed E-state index contributed by atoms with van der Waals surface area (Å²) in [6.07, 6.45) is 1.38. The van der Waals surface area contributed by atoms with E-state index in [0.29, 0.717) is 45.2 Å². The number of nitrogens with one attached hydrogen (secondary N) is 3. The van der Waals surface area contributed by atoms with E-state index in [1.807, 2.05) is 44.2 Å². The third-order valence-corrected chi connectivity index (χ3v) is 10.4. The first kappa shape index (κ1) is 39.3. The molecule has 0 radical (unpaired) electrons. The number of fused-ring (bicyclic) bond motifs is 2. The largest absolute Gasteiger partial charge is 0.458 e. The number of carbonyl (C=O) groups excluding carboxylic acids is 7. The lowest BCUT2D eigenvalue weighted by atomic mass is 9.96. The molecule has 4 rings (SSSR count). The highest BCUT2D eigenvalue weighted by atomic mass is 16.5. The molecule has 3 fully saturated rings. The number of likely N-dealkylation sites (N-methyl/N-ethyl adjacent to an activating group) is 1. The van der Waals surface area contributed by atoms with Crippen molar-refractivity contribution in [2.75, 3.05) is 20.1 Å². The molecule has 0 bridgehead atoms. The molecule has 6 amide bonds. The van der Waals surface area contributed by atoms with Gasteiger partial charge in [-0.2, -0.15) is 0 Å². The fraction of sp³-hybridized carbons (Fsp3) is 0.649. The number of amides is 6. The van der Waals surface area contributed by atoms with Crippen molar-refractivity contribution in [3.63, 3.8) is 0 Å². The van der Waals surface area contributed by atoms with Gasteiger partial charge in [0.25, 0.3) is 0 Å². The topological polar surface area (TPSA) is 175 Å². The summed E-state index contributed by atoms with van der Waals surface area (Å²) in [5.41, 5.74) is 0.785. The van der Waals surface area contributed by atoms with Crippen LogP contribution in [0.15, 0.2) is 30.3 Å². The summed E-state index contributed by atoms with van der Waals surface area (Å²) in [7, 11) is 1.53. The molecule has 3 N–H and O–H groups in total. The summed E-state index contributed by atoms with van der Waals surface area (Å²) < 4.78 is 5.76. The highest BCUT2D eigenvalue weighted by Gasteiger charge is 2.46. The summed E-state index contributed by atoms with van der Waals surface area (Å²) >= 11 is 0. The average Bonchev–Trinajstić information content (AvgIpc) is 3.80. The molecule has 3 saturated heterocycles. The summed E-state index contributed by atoms with van der Waals surface area (Å²) in [6, 6.07) is 2.87. The van der Waals surface area contributed by atoms with Gasteiger partial charge in [-0.15, -0.1) is 0 Å². The van der Waals surface area contributed by atoms with Crippen molar-refractivity contribution >= 4 is 41.4 Å². The van der Waals surface area contributed by atoms with Gasteiger partial charge in [0.2, 0.25) is 35.4 Å². The monoisotopic (exact) mass is 710 g/mol. The Hall–Kier alpha value is -4.49. The van der Waals surface area contributed by atoms with Crippen molar-refractivity contribution in [2.45, 2.75) is 122 Å². The Kier molecular flexibility index (Phi) is 13.2. The van der Waals surface area contributed by atoms with Gasteiger partial charge in [-0.1, -0.05) is 64.4 Å². The van der Waals surface area contributed by atoms with E-state index in [-0.39, 0.29) is 18.2 Å². The van der Waals surface area contributed by atoms with Gasteiger partial charge in [0.05, 0.1) is 0 Å². The molecule has 3 aliphatic rings. The number of esters is 1. The lowest BCUT2D eigenvalue weighted by Crippen LogP contribution is -2.61. The Balaban J connectivity index is 1.80. The molecule has 3 heterocycles. The number of benzene rings is 1. The minimum atomic E-state index is -1.37. The minimum absolute atomic E-state index is 0.137. The highest BCUT2D eigenvalue weighted by molar-refractivity contribution is 5.98. The number of ether oxygens (including phenoxy) is 1. The Labute approximate surface area is 300 Å². The van der Waals surface area contributed by atoms with Gasteiger partial charge < -0.3 is 35.4 Å². The summed E-state index contributed by atoms with van der Waals surface area (Å²) in [5.74, 6) is -4.71. The van der Waals surface area contributed by atoms with Crippen LogP contribution >= 0.6 is 0 Å². The molecule has 14 nitrogen and oxygen atoms in total. The smallest absolute Gasteiger partial charge is 0.329 e. The number of carbonyl (C=O) groups is 7. The van der Waals surface area contributed by atoms with E-state index < -0.39 is 83.8 Å². The second-order valence-corrected chi connectivity index (χ2v) is 14.5. The fourth-order valence-corrected chi connectivity index (χ4v) is 7.19. The van der Waals surface area contributed by atoms with E-state index in [2.05, 4.69) is 16.0 Å². The maximum atomic E-state index is 14.3. The molecule has 0 aliphatic carbocycles.